The van der Waals surface area contributed by atoms with Crippen LogP contribution in [0.5, 0.6) is 0 Å². The number of benzene rings is 1. The summed E-state index contributed by atoms with van der Waals surface area (Å²) >= 11 is 0. The SMILES string of the molecule is Cc1cc(C)cc(C(O)CC2CCCC2)c1. The molecule has 0 bridgehead atoms. The quantitative estimate of drug-likeness (QED) is 0.815. The minimum Gasteiger partial charge on any atom is -0.388 e. The highest BCUT2D eigenvalue weighted by Crippen LogP contribution is 2.33. The van der Waals surface area contributed by atoms with Crippen LogP contribution < -0.4 is 0 Å². The third kappa shape index (κ3) is 2.85. The molecule has 1 aliphatic carbocycles. The van der Waals surface area contributed by atoms with Crippen molar-refractivity contribution in [1.29, 1.82) is 0 Å². The second kappa shape index (κ2) is 5.01. The molecule has 0 aromatic heterocycles. The van der Waals surface area contributed by atoms with Crippen molar-refractivity contribution in [3.8, 4) is 0 Å². The Balaban J connectivity index is 2.04. The van der Waals surface area contributed by atoms with Gasteiger partial charge in [0.25, 0.3) is 0 Å². The van der Waals surface area contributed by atoms with Gasteiger partial charge in [0.05, 0.1) is 6.10 Å². The van der Waals surface area contributed by atoms with E-state index in [0.717, 1.165) is 17.9 Å². The lowest BCUT2D eigenvalue weighted by Crippen LogP contribution is -2.04. The average molecular weight is 218 g/mol. The summed E-state index contributed by atoms with van der Waals surface area (Å²) in [6.07, 6.45) is 6.00. The molecule has 1 heteroatoms. The van der Waals surface area contributed by atoms with Gasteiger partial charge in [-0.1, -0.05) is 55.0 Å². The number of hydrogen-bond acceptors (Lipinski definition) is 1. The lowest BCUT2D eigenvalue weighted by Gasteiger charge is -2.16. The van der Waals surface area contributed by atoms with Gasteiger partial charge in [0.1, 0.15) is 0 Å². The molecule has 1 saturated carbocycles. The number of aliphatic hydroxyl groups is 1. The topological polar surface area (TPSA) is 20.2 Å². The Kier molecular flexibility index (Phi) is 3.65. The van der Waals surface area contributed by atoms with Crippen molar-refractivity contribution >= 4 is 0 Å². The summed E-state index contributed by atoms with van der Waals surface area (Å²) < 4.78 is 0. The monoisotopic (exact) mass is 218 g/mol. The van der Waals surface area contributed by atoms with Crippen LogP contribution in [0.1, 0.15) is 54.9 Å². The van der Waals surface area contributed by atoms with Crippen molar-refractivity contribution in [3.05, 3.63) is 34.9 Å². The molecule has 1 unspecified atom stereocenters. The predicted molar refractivity (Wildman–Crippen MR) is 67.5 cm³/mol. The molecule has 2 rings (SSSR count). The minimum atomic E-state index is -0.262. The van der Waals surface area contributed by atoms with Crippen molar-refractivity contribution < 1.29 is 5.11 Å². The molecule has 1 nitrogen and oxygen atoms in total. The molecule has 1 N–H and O–H groups in total. The van der Waals surface area contributed by atoms with Crippen LogP contribution >= 0.6 is 0 Å². The number of aliphatic hydroxyl groups excluding tert-OH is 1. The Bertz CT molecular complexity index is 330. The normalized spacial score (nSPS) is 18.9. The second-order valence-electron chi connectivity index (χ2n) is 5.32. The maximum absolute atomic E-state index is 10.2. The molecule has 0 saturated heterocycles. The van der Waals surface area contributed by atoms with Crippen LogP contribution in [0.15, 0.2) is 18.2 Å². The first kappa shape index (κ1) is 11.7. The standard InChI is InChI=1S/C15H22O/c1-11-7-12(2)9-14(8-11)15(16)10-13-5-3-4-6-13/h7-9,13,15-16H,3-6,10H2,1-2H3. The zero-order valence-corrected chi connectivity index (χ0v) is 10.4. The molecular formula is C15H22O. The number of aryl methyl sites for hydroxylation is 2. The van der Waals surface area contributed by atoms with E-state index in [1.54, 1.807) is 0 Å². The van der Waals surface area contributed by atoms with Crippen LogP contribution in [-0.2, 0) is 0 Å². The molecule has 0 amide bonds. The van der Waals surface area contributed by atoms with Gasteiger partial charge in [-0.3, -0.25) is 0 Å². The average Bonchev–Trinajstić information content (AvgIpc) is 2.68. The summed E-state index contributed by atoms with van der Waals surface area (Å²) in [6, 6.07) is 6.39. The van der Waals surface area contributed by atoms with Gasteiger partial charge in [0, 0.05) is 0 Å². The van der Waals surface area contributed by atoms with Crippen molar-refractivity contribution in [2.75, 3.05) is 0 Å². The van der Waals surface area contributed by atoms with Gasteiger partial charge in [0.15, 0.2) is 0 Å². The second-order valence-corrected chi connectivity index (χ2v) is 5.32. The Morgan fingerprint density at radius 3 is 2.25 bits per heavy atom. The van der Waals surface area contributed by atoms with Crippen LogP contribution in [0.4, 0.5) is 0 Å². The Morgan fingerprint density at radius 1 is 1.12 bits per heavy atom. The largest absolute Gasteiger partial charge is 0.388 e. The molecular weight excluding hydrogens is 196 g/mol. The van der Waals surface area contributed by atoms with Gasteiger partial charge in [-0.25, -0.2) is 0 Å². The van der Waals surface area contributed by atoms with E-state index in [9.17, 15) is 5.11 Å². The van der Waals surface area contributed by atoms with E-state index in [-0.39, 0.29) is 6.10 Å². The van der Waals surface area contributed by atoms with Crippen molar-refractivity contribution in [2.24, 2.45) is 5.92 Å². The third-order valence-electron chi connectivity index (χ3n) is 3.66. The van der Waals surface area contributed by atoms with Crippen molar-refractivity contribution in [3.63, 3.8) is 0 Å². The Morgan fingerprint density at radius 2 is 1.69 bits per heavy atom. The lowest BCUT2D eigenvalue weighted by molar-refractivity contribution is 0.145. The number of rotatable bonds is 3. The van der Waals surface area contributed by atoms with Gasteiger partial charge < -0.3 is 5.11 Å². The van der Waals surface area contributed by atoms with E-state index >= 15 is 0 Å². The zero-order chi connectivity index (χ0) is 11.5. The minimum absolute atomic E-state index is 0.262. The van der Waals surface area contributed by atoms with Gasteiger partial charge in [-0.15, -0.1) is 0 Å². The first-order chi connectivity index (χ1) is 7.65. The van der Waals surface area contributed by atoms with E-state index in [1.807, 2.05) is 0 Å². The molecule has 16 heavy (non-hydrogen) atoms. The van der Waals surface area contributed by atoms with E-state index in [2.05, 4.69) is 32.0 Å². The smallest absolute Gasteiger partial charge is 0.0792 e. The summed E-state index contributed by atoms with van der Waals surface area (Å²) in [7, 11) is 0. The molecule has 1 aromatic rings. The predicted octanol–water partition coefficient (Wildman–Crippen LogP) is 3.92. The van der Waals surface area contributed by atoms with E-state index in [4.69, 9.17) is 0 Å². The summed E-state index contributed by atoms with van der Waals surface area (Å²) in [5, 5.41) is 10.2. The zero-order valence-electron chi connectivity index (χ0n) is 10.4. The Labute approximate surface area is 98.5 Å². The summed E-state index contributed by atoms with van der Waals surface area (Å²) in [5.41, 5.74) is 3.60. The molecule has 0 heterocycles. The van der Waals surface area contributed by atoms with Gasteiger partial charge in [0.2, 0.25) is 0 Å². The van der Waals surface area contributed by atoms with Crippen molar-refractivity contribution in [2.45, 2.75) is 52.1 Å². The summed E-state index contributed by atoms with van der Waals surface area (Å²) in [6.45, 7) is 4.19. The van der Waals surface area contributed by atoms with E-state index in [0.29, 0.717) is 0 Å². The highest BCUT2D eigenvalue weighted by molar-refractivity contribution is 5.29. The van der Waals surface area contributed by atoms with Crippen LogP contribution in [0.25, 0.3) is 0 Å². The van der Waals surface area contributed by atoms with Gasteiger partial charge >= 0.3 is 0 Å². The lowest BCUT2D eigenvalue weighted by atomic mass is 9.94. The summed E-state index contributed by atoms with van der Waals surface area (Å²) in [5.74, 6) is 0.746. The molecule has 0 radical (unpaired) electrons. The van der Waals surface area contributed by atoms with E-state index in [1.165, 1.54) is 36.8 Å². The van der Waals surface area contributed by atoms with Crippen LogP contribution in [-0.4, -0.2) is 5.11 Å². The van der Waals surface area contributed by atoms with E-state index < -0.39 is 0 Å². The molecule has 0 aliphatic heterocycles. The fourth-order valence-corrected chi connectivity index (χ4v) is 2.90. The molecule has 0 spiro atoms. The molecule has 1 aromatic carbocycles. The number of hydrogen-bond donors (Lipinski definition) is 1. The fourth-order valence-electron chi connectivity index (χ4n) is 2.90. The maximum atomic E-state index is 10.2. The van der Waals surface area contributed by atoms with Gasteiger partial charge in [-0.2, -0.15) is 0 Å². The third-order valence-corrected chi connectivity index (χ3v) is 3.66. The molecule has 88 valence electrons. The molecule has 1 aliphatic rings. The fraction of sp³-hybridized carbons (Fsp3) is 0.600. The first-order valence-corrected chi connectivity index (χ1v) is 6.41. The summed E-state index contributed by atoms with van der Waals surface area (Å²) in [4.78, 5) is 0. The first-order valence-electron chi connectivity index (χ1n) is 6.41. The highest BCUT2D eigenvalue weighted by atomic mass is 16.3. The van der Waals surface area contributed by atoms with Crippen LogP contribution in [0.2, 0.25) is 0 Å². The maximum Gasteiger partial charge on any atom is 0.0792 e. The van der Waals surface area contributed by atoms with Crippen LogP contribution in [0, 0.1) is 19.8 Å². The molecule has 1 atom stereocenters. The van der Waals surface area contributed by atoms with Crippen LogP contribution in [0.3, 0.4) is 0 Å². The van der Waals surface area contributed by atoms with Gasteiger partial charge in [-0.05, 0) is 31.7 Å². The Hall–Kier alpha value is -0.820. The highest BCUT2D eigenvalue weighted by Gasteiger charge is 2.19. The van der Waals surface area contributed by atoms with Crippen molar-refractivity contribution in [1.82, 2.24) is 0 Å². The molecule has 1 fully saturated rings.